The second kappa shape index (κ2) is 4.96. The average molecular weight is 302 g/mol. The molecule has 2 aliphatic rings. The van der Waals surface area contributed by atoms with Crippen molar-refractivity contribution in [3.8, 4) is 0 Å². The Bertz CT molecular complexity index is 698. The van der Waals surface area contributed by atoms with Gasteiger partial charge in [-0.25, -0.2) is 4.98 Å². The number of fused-ring (bicyclic) bond motifs is 3. The summed E-state index contributed by atoms with van der Waals surface area (Å²) in [5.41, 5.74) is 7.36. The van der Waals surface area contributed by atoms with Crippen LogP contribution in [0.2, 0.25) is 0 Å². The smallest absolute Gasteiger partial charge is 0.240 e. The molecule has 2 aromatic rings. The van der Waals surface area contributed by atoms with Crippen molar-refractivity contribution < 1.29 is 4.79 Å². The van der Waals surface area contributed by atoms with Gasteiger partial charge >= 0.3 is 0 Å². The number of carbonyl (C=O) groups excluding carboxylic acids is 1. The van der Waals surface area contributed by atoms with Crippen LogP contribution in [-0.4, -0.2) is 34.9 Å². The van der Waals surface area contributed by atoms with Crippen LogP contribution in [0.4, 0.5) is 10.8 Å². The first kappa shape index (κ1) is 13.0. The molecule has 1 saturated carbocycles. The molecule has 6 heteroatoms. The number of hydrogen-bond donors (Lipinski definition) is 2. The fraction of sp³-hybridized carbons (Fsp3) is 0.467. The number of piperidine rings is 1. The minimum absolute atomic E-state index is 0.0366. The van der Waals surface area contributed by atoms with Crippen LogP contribution in [0.25, 0.3) is 10.2 Å². The molecule has 1 aromatic carbocycles. The first-order valence-electron chi connectivity index (χ1n) is 7.37. The Labute approximate surface area is 127 Å². The zero-order valence-corrected chi connectivity index (χ0v) is 12.5. The highest BCUT2D eigenvalue weighted by atomic mass is 32.1. The standard InChI is InChI=1S/C15H18N4OS/c16-10-2-4-12-13(6-10)21-15(17-12)18-14(20)8-19-7-9-1-3-11(19)5-9/h2,4,6,9,11H,1,3,5,7-8,16H2,(H,17,18,20). The highest BCUT2D eigenvalue weighted by molar-refractivity contribution is 7.22. The topological polar surface area (TPSA) is 71.2 Å². The van der Waals surface area contributed by atoms with E-state index in [9.17, 15) is 4.79 Å². The van der Waals surface area contributed by atoms with Crippen molar-refractivity contribution in [2.45, 2.75) is 25.3 Å². The number of rotatable bonds is 3. The van der Waals surface area contributed by atoms with Crippen LogP contribution < -0.4 is 11.1 Å². The lowest BCUT2D eigenvalue weighted by Gasteiger charge is -2.25. The van der Waals surface area contributed by atoms with Gasteiger partial charge in [-0.1, -0.05) is 11.3 Å². The van der Waals surface area contributed by atoms with E-state index < -0.39 is 0 Å². The van der Waals surface area contributed by atoms with Gasteiger partial charge < -0.3 is 11.1 Å². The van der Waals surface area contributed by atoms with E-state index in [1.165, 1.54) is 30.6 Å². The number of nitrogen functional groups attached to an aromatic ring is 1. The van der Waals surface area contributed by atoms with E-state index in [2.05, 4.69) is 15.2 Å². The molecule has 1 aliphatic heterocycles. The number of anilines is 2. The second-order valence-electron chi connectivity index (χ2n) is 6.06. The highest BCUT2D eigenvalue weighted by Crippen LogP contribution is 2.37. The van der Waals surface area contributed by atoms with Gasteiger partial charge in [-0.2, -0.15) is 0 Å². The van der Waals surface area contributed by atoms with Gasteiger partial charge in [0.15, 0.2) is 5.13 Å². The van der Waals surface area contributed by atoms with E-state index in [0.717, 1.165) is 28.4 Å². The number of thiazole rings is 1. The lowest BCUT2D eigenvalue weighted by molar-refractivity contribution is -0.117. The number of nitrogens with one attached hydrogen (secondary N) is 1. The van der Waals surface area contributed by atoms with Crippen molar-refractivity contribution in [1.29, 1.82) is 0 Å². The summed E-state index contributed by atoms with van der Waals surface area (Å²) >= 11 is 1.47. The molecule has 2 unspecified atom stereocenters. The van der Waals surface area contributed by atoms with Crippen LogP contribution in [0.3, 0.4) is 0 Å². The third-order valence-corrected chi connectivity index (χ3v) is 5.46. The molecule has 2 heterocycles. The Morgan fingerprint density at radius 3 is 3.14 bits per heavy atom. The predicted octanol–water partition coefficient (Wildman–Crippen LogP) is 2.30. The van der Waals surface area contributed by atoms with Crippen molar-refractivity contribution in [3.05, 3.63) is 18.2 Å². The van der Waals surface area contributed by atoms with E-state index in [-0.39, 0.29) is 5.91 Å². The molecule has 5 nitrogen and oxygen atoms in total. The molecule has 2 bridgehead atoms. The fourth-order valence-electron chi connectivity index (χ4n) is 3.56. The summed E-state index contributed by atoms with van der Waals surface area (Å²) in [7, 11) is 0. The maximum atomic E-state index is 12.2. The molecule has 2 fully saturated rings. The molecule has 0 radical (unpaired) electrons. The molecule has 1 amide bonds. The summed E-state index contributed by atoms with van der Waals surface area (Å²) in [4.78, 5) is 18.9. The third kappa shape index (κ3) is 2.49. The zero-order valence-electron chi connectivity index (χ0n) is 11.7. The maximum absolute atomic E-state index is 12.2. The summed E-state index contributed by atoms with van der Waals surface area (Å²) in [5.74, 6) is 0.850. The number of benzene rings is 1. The first-order chi connectivity index (χ1) is 10.2. The molecule has 1 saturated heterocycles. The van der Waals surface area contributed by atoms with Crippen LogP contribution in [0.5, 0.6) is 0 Å². The molecule has 4 rings (SSSR count). The van der Waals surface area contributed by atoms with E-state index in [4.69, 9.17) is 5.73 Å². The molecular formula is C15H18N4OS. The molecular weight excluding hydrogens is 284 g/mol. The Morgan fingerprint density at radius 2 is 2.38 bits per heavy atom. The van der Waals surface area contributed by atoms with Crippen LogP contribution in [0.1, 0.15) is 19.3 Å². The van der Waals surface area contributed by atoms with Gasteiger partial charge in [-0.15, -0.1) is 0 Å². The Hall–Kier alpha value is -1.66. The Balaban J connectivity index is 1.43. The normalized spacial score (nSPS) is 24.8. The quantitative estimate of drug-likeness (QED) is 0.854. The first-order valence-corrected chi connectivity index (χ1v) is 8.19. The molecule has 1 aliphatic carbocycles. The molecule has 0 spiro atoms. The van der Waals surface area contributed by atoms with Crippen LogP contribution >= 0.6 is 11.3 Å². The number of amides is 1. The lowest BCUT2D eigenvalue weighted by atomic mass is 10.1. The van der Waals surface area contributed by atoms with Gasteiger partial charge in [-0.3, -0.25) is 9.69 Å². The molecule has 21 heavy (non-hydrogen) atoms. The van der Waals surface area contributed by atoms with Crippen molar-refractivity contribution in [2.24, 2.45) is 5.92 Å². The van der Waals surface area contributed by atoms with Crippen molar-refractivity contribution in [1.82, 2.24) is 9.88 Å². The van der Waals surface area contributed by atoms with Gasteiger partial charge in [0, 0.05) is 18.3 Å². The number of nitrogens with zero attached hydrogens (tertiary/aromatic N) is 2. The number of aromatic nitrogens is 1. The summed E-state index contributed by atoms with van der Waals surface area (Å²) in [5, 5.41) is 3.58. The number of likely N-dealkylation sites (tertiary alicyclic amines) is 1. The van der Waals surface area contributed by atoms with Crippen LogP contribution in [-0.2, 0) is 4.79 Å². The van der Waals surface area contributed by atoms with Gasteiger partial charge in [0.25, 0.3) is 0 Å². The van der Waals surface area contributed by atoms with Gasteiger partial charge in [0.05, 0.1) is 16.8 Å². The fourth-order valence-corrected chi connectivity index (χ4v) is 4.49. The minimum atomic E-state index is 0.0366. The summed E-state index contributed by atoms with van der Waals surface area (Å²) in [6.07, 6.45) is 3.86. The maximum Gasteiger partial charge on any atom is 0.240 e. The zero-order chi connectivity index (χ0) is 14.4. The lowest BCUT2D eigenvalue weighted by Crippen LogP contribution is -2.38. The van der Waals surface area contributed by atoms with E-state index in [1.807, 2.05) is 18.2 Å². The number of hydrogen-bond acceptors (Lipinski definition) is 5. The van der Waals surface area contributed by atoms with Gasteiger partial charge in [-0.05, 0) is 43.4 Å². The summed E-state index contributed by atoms with van der Waals surface area (Å²) in [6, 6.07) is 6.23. The van der Waals surface area contributed by atoms with E-state index in [0.29, 0.717) is 17.7 Å². The monoisotopic (exact) mass is 302 g/mol. The third-order valence-electron chi connectivity index (χ3n) is 4.53. The van der Waals surface area contributed by atoms with Crippen molar-refractivity contribution in [2.75, 3.05) is 24.1 Å². The van der Waals surface area contributed by atoms with Crippen LogP contribution in [0.15, 0.2) is 18.2 Å². The van der Waals surface area contributed by atoms with Gasteiger partial charge in [0.1, 0.15) is 0 Å². The minimum Gasteiger partial charge on any atom is -0.399 e. The number of nitrogens with two attached hydrogens (primary N) is 1. The summed E-state index contributed by atoms with van der Waals surface area (Å²) in [6.45, 7) is 1.56. The number of carbonyl (C=O) groups is 1. The largest absolute Gasteiger partial charge is 0.399 e. The molecule has 2 atom stereocenters. The second-order valence-corrected chi connectivity index (χ2v) is 7.09. The summed E-state index contributed by atoms with van der Waals surface area (Å²) < 4.78 is 1.01. The highest BCUT2D eigenvalue weighted by Gasteiger charge is 2.38. The van der Waals surface area contributed by atoms with E-state index in [1.54, 1.807) is 0 Å². The van der Waals surface area contributed by atoms with Crippen molar-refractivity contribution >= 4 is 38.3 Å². The molecule has 1 aromatic heterocycles. The Morgan fingerprint density at radius 1 is 1.48 bits per heavy atom. The SMILES string of the molecule is Nc1ccc2nc(NC(=O)CN3CC4CCC3C4)sc2c1. The van der Waals surface area contributed by atoms with Gasteiger partial charge in [0.2, 0.25) is 5.91 Å². The molecule has 110 valence electrons. The van der Waals surface area contributed by atoms with Crippen LogP contribution in [0, 0.1) is 5.92 Å². The predicted molar refractivity (Wildman–Crippen MR) is 85.4 cm³/mol. The van der Waals surface area contributed by atoms with Crippen molar-refractivity contribution in [3.63, 3.8) is 0 Å². The van der Waals surface area contributed by atoms with E-state index >= 15 is 0 Å². The Kier molecular flexibility index (Phi) is 3.08. The average Bonchev–Trinajstić information content (AvgIpc) is 3.12. The molecule has 3 N–H and O–H groups in total.